The van der Waals surface area contributed by atoms with Gasteiger partial charge in [-0.1, -0.05) is 51.0 Å². The molecule has 0 aliphatic rings. The summed E-state index contributed by atoms with van der Waals surface area (Å²) in [7, 11) is 3.03. The third-order valence-corrected chi connectivity index (χ3v) is 8.50. The van der Waals surface area contributed by atoms with Crippen LogP contribution in [0.4, 0.5) is 0 Å². The maximum Gasteiger partial charge on any atom is 0.295 e. The fourth-order valence-electron chi connectivity index (χ4n) is 4.43. The number of ether oxygens (including phenoxy) is 5. The summed E-state index contributed by atoms with van der Waals surface area (Å²) < 4.78 is 63.7. The summed E-state index contributed by atoms with van der Waals surface area (Å²) in [5.41, 5.74) is 2.24. The standard InChI is InChI=1S/C29H29O8PS/c1-33-18-16-23(36-4)29(24(17-18)37-5)38-25-14-9-15-26(39(30,31)32)28(25)20-11-7-6-10-19(20)27-21(34-2)12-8-13-22(27)35-3/h6-17,38H,1-5H3,(H,30,31,32). The summed E-state index contributed by atoms with van der Waals surface area (Å²) in [6.07, 6.45) is 0. The molecule has 0 amide bonds. The quantitative estimate of drug-likeness (QED) is 0.212. The van der Waals surface area contributed by atoms with Gasteiger partial charge in [0.1, 0.15) is 33.6 Å². The van der Waals surface area contributed by atoms with Gasteiger partial charge >= 0.3 is 0 Å². The number of hydrogen-bond donors (Lipinski definition) is 1. The number of rotatable bonds is 10. The Morgan fingerprint density at radius 3 is 1.62 bits per heavy atom. The second kappa shape index (κ2) is 11.9. The maximum atomic E-state index is 12.7. The lowest BCUT2D eigenvalue weighted by Crippen LogP contribution is -2.15. The van der Waals surface area contributed by atoms with Crippen molar-refractivity contribution in [3.05, 3.63) is 72.8 Å². The molecule has 1 atom stereocenters. The molecule has 0 spiro atoms. The molecule has 0 aromatic heterocycles. The van der Waals surface area contributed by atoms with Crippen molar-refractivity contribution in [3.63, 3.8) is 0 Å². The number of methoxy groups -OCH3 is 5. The normalized spacial score (nSPS) is 11.4. The number of benzene rings is 4. The Morgan fingerprint density at radius 2 is 1.13 bits per heavy atom. The molecule has 39 heavy (non-hydrogen) atoms. The van der Waals surface area contributed by atoms with Crippen LogP contribution in [0.1, 0.15) is 0 Å². The first kappa shape index (κ1) is 28.2. The largest absolute Gasteiger partial charge is 0.496 e. The molecular weight excluding hydrogens is 539 g/mol. The molecule has 10 heteroatoms. The molecule has 8 nitrogen and oxygen atoms in total. The van der Waals surface area contributed by atoms with Crippen molar-refractivity contribution >= 4 is 29.3 Å². The highest BCUT2D eigenvalue weighted by atomic mass is 32.2. The first-order chi connectivity index (χ1) is 18.8. The molecule has 204 valence electrons. The molecule has 0 saturated heterocycles. The molecule has 0 saturated carbocycles. The summed E-state index contributed by atoms with van der Waals surface area (Å²) in [6.45, 7) is 0. The first-order valence-electron chi connectivity index (χ1n) is 11.8. The van der Waals surface area contributed by atoms with Gasteiger partial charge in [-0.25, -0.2) is 0 Å². The molecule has 0 bridgehead atoms. The van der Waals surface area contributed by atoms with Gasteiger partial charge in [-0.05, 0) is 34.6 Å². The van der Waals surface area contributed by atoms with Gasteiger partial charge in [-0.15, -0.1) is 0 Å². The number of hydrogen-bond acceptors (Lipinski definition) is 7. The van der Waals surface area contributed by atoms with Crippen molar-refractivity contribution in [2.24, 2.45) is 0 Å². The molecule has 0 aliphatic carbocycles. The van der Waals surface area contributed by atoms with Crippen LogP contribution in [0.5, 0.6) is 28.7 Å². The van der Waals surface area contributed by atoms with Crippen LogP contribution in [0, 0.1) is 0 Å². The van der Waals surface area contributed by atoms with E-state index in [0.29, 0.717) is 61.6 Å². The van der Waals surface area contributed by atoms with Crippen LogP contribution in [-0.2, 0) is 10.1 Å². The average molecular weight is 569 g/mol. The van der Waals surface area contributed by atoms with E-state index >= 15 is 0 Å². The summed E-state index contributed by atoms with van der Waals surface area (Å²) in [5, 5.41) is 1.36. The van der Waals surface area contributed by atoms with E-state index in [4.69, 9.17) is 23.7 Å². The fourth-order valence-corrected chi connectivity index (χ4v) is 6.68. The van der Waals surface area contributed by atoms with Crippen LogP contribution < -0.4 is 34.3 Å². The molecule has 0 heterocycles. The van der Waals surface area contributed by atoms with Crippen molar-refractivity contribution in [3.8, 4) is 51.0 Å². The first-order valence-corrected chi connectivity index (χ1v) is 14.2. The van der Waals surface area contributed by atoms with Crippen molar-refractivity contribution in [2.75, 3.05) is 35.5 Å². The highest BCUT2D eigenvalue weighted by Crippen LogP contribution is 2.45. The SMILES string of the molecule is COc1cc(OC)c(Pc2cccc(S(=O)(=O)O)c2-c2ccccc2-c2c(OC)cccc2OC)c(OC)c1. The second-order valence-corrected chi connectivity index (χ2v) is 10.9. The zero-order valence-electron chi connectivity index (χ0n) is 22.1. The molecular formula is C29H29O8PS. The Balaban J connectivity index is 2.05. The molecule has 1 unspecified atom stereocenters. The Kier molecular flexibility index (Phi) is 8.65. The highest BCUT2D eigenvalue weighted by molar-refractivity contribution is 7.86. The monoisotopic (exact) mass is 568 g/mol. The topological polar surface area (TPSA) is 101 Å². The van der Waals surface area contributed by atoms with Gasteiger partial charge in [0.15, 0.2) is 0 Å². The fraction of sp³-hybridized carbons (Fsp3) is 0.172. The van der Waals surface area contributed by atoms with E-state index in [1.54, 1.807) is 65.9 Å². The van der Waals surface area contributed by atoms with Crippen molar-refractivity contribution in [1.29, 1.82) is 0 Å². The van der Waals surface area contributed by atoms with E-state index in [1.807, 2.05) is 36.4 Å². The summed E-state index contributed by atoms with van der Waals surface area (Å²) in [5.74, 6) is 2.69. The lowest BCUT2D eigenvalue weighted by Gasteiger charge is -2.21. The minimum Gasteiger partial charge on any atom is -0.496 e. The smallest absolute Gasteiger partial charge is 0.295 e. The summed E-state index contributed by atoms with van der Waals surface area (Å²) >= 11 is 0. The van der Waals surface area contributed by atoms with Crippen molar-refractivity contribution < 1.29 is 36.7 Å². The van der Waals surface area contributed by atoms with Crippen LogP contribution in [0.15, 0.2) is 77.7 Å². The predicted molar refractivity (Wildman–Crippen MR) is 154 cm³/mol. The van der Waals surface area contributed by atoms with Crippen LogP contribution >= 0.6 is 8.58 Å². The second-order valence-electron chi connectivity index (χ2n) is 8.27. The van der Waals surface area contributed by atoms with Crippen LogP contribution in [-0.4, -0.2) is 48.5 Å². The zero-order chi connectivity index (χ0) is 28.2. The van der Waals surface area contributed by atoms with Gasteiger partial charge in [0.2, 0.25) is 0 Å². The Morgan fingerprint density at radius 1 is 0.615 bits per heavy atom. The predicted octanol–water partition coefficient (Wildman–Crippen LogP) is 4.94. The molecule has 4 aromatic rings. The van der Waals surface area contributed by atoms with Crippen molar-refractivity contribution in [2.45, 2.75) is 4.90 Å². The van der Waals surface area contributed by atoms with Gasteiger partial charge in [0, 0.05) is 17.7 Å². The molecule has 4 aromatic carbocycles. The van der Waals surface area contributed by atoms with E-state index in [1.165, 1.54) is 6.07 Å². The van der Waals surface area contributed by atoms with Gasteiger partial charge in [0.25, 0.3) is 10.1 Å². The van der Waals surface area contributed by atoms with E-state index in [0.717, 1.165) is 0 Å². The Hall–Kier alpha value is -3.78. The molecule has 4 rings (SSSR count). The van der Waals surface area contributed by atoms with E-state index in [9.17, 15) is 13.0 Å². The summed E-state index contributed by atoms with van der Waals surface area (Å²) in [4.78, 5) is -0.222. The third kappa shape index (κ3) is 5.66. The van der Waals surface area contributed by atoms with Crippen LogP contribution in [0.3, 0.4) is 0 Å². The van der Waals surface area contributed by atoms with Gasteiger partial charge in [-0.3, -0.25) is 4.55 Å². The Labute approximate surface area is 230 Å². The maximum absolute atomic E-state index is 12.7. The van der Waals surface area contributed by atoms with Crippen LogP contribution in [0.25, 0.3) is 22.3 Å². The van der Waals surface area contributed by atoms with E-state index in [-0.39, 0.29) is 13.5 Å². The van der Waals surface area contributed by atoms with Crippen molar-refractivity contribution in [1.82, 2.24) is 0 Å². The highest BCUT2D eigenvalue weighted by Gasteiger charge is 2.26. The minimum absolute atomic E-state index is 0.109. The Bertz CT molecular complexity index is 1550. The molecule has 0 aliphatic heterocycles. The third-order valence-electron chi connectivity index (χ3n) is 6.17. The van der Waals surface area contributed by atoms with Crippen LogP contribution in [0.2, 0.25) is 0 Å². The lowest BCUT2D eigenvalue weighted by atomic mass is 9.93. The molecule has 0 radical (unpaired) electrons. The van der Waals surface area contributed by atoms with E-state index < -0.39 is 10.1 Å². The van der Waals surface area contributed by atoms with Gasteiger partial charge in [-0.2, -0.15) is 8.42 Å². The average Bonchev–Trinajstić information content (AvgIpc) is 2.96. The van der Waals surface area contributed by atoms with Gasteiger partial charge < -0.3 is 23.7 Å². The molecule has 1 N–H and O–H groups in total. The van der Waals surface area contributed by atoms with Gasteiger partial charge in [0.05, 0.1) is 46.4 Å². The lowest BCUT2D eigenvalue weighted by molar-refractivity contribution is 0.380. The summed E-state index contributed by atoms with van der Waals surface area (Å²) in [6, 6.07) is 21.0. The van der Waals surface area contributed by atoms with E-state index in [2.05, 4.69) is 0 Å². The minimum atomic E-state index is -4.61. The zero-order valence-corrected chi connectivity index (χ0v) is 24.0. The molecule has 0 fully saturated rings.